The van der Waals surface area contributed by atoms with E-state index in [1.807, 2.05) is 46.8 Å². The van der Waals surface area contributed by atoms with Gasteiger partial charge in [-0.1, -0.05) is 59.6 Å². The fourth-order valence-corrected chi connectivity index (χ4v) is 5.98. The minimum atomic E-state index is -1.02. The second-order valence-corrected chi connectivity index (χ2v) is 13.8. The number of ether oxygens (including phenoxy) is 3. The number of nitrogens with zero attached hydrogens (tertiary/aromatic N) is 2. The zero-order valence-electron chi connectivity index (χ0n) is 26.7. The minimum absolute atomic E-state index is 0.0465. The highest BCUT2D eigenvalue weighted by Crippen LogP contribution is 2.31. The monoisotopic (exact) mass is 614 g/mol. The second-order valence-electron chi connectivity index (χ2n) is 13.8. The number of carbonyl (C=O) groups excluding carboxylic acids is 5. The Kier molecular flexibility index (Phi) is 10.1. The molecule has 2 N–H and O–H groups in total. The van der Waals surface area contributed by atoms with E-state index in [1.54, 1.807) is 6.07 Å². The lowest BCUT2D eigenvalue weighted by atomic mass is 9.85. The molecule has 0 radical (unpaired) electrons. The Balaban J connectivity index is 1.59. The lowest BCUT2D eigenvalue weighted by Gasteiger charge is -2.35. The quantitative estimate of drug-likeness (QED) is 0.360. The Hall–Kier alpha value is -3.83. The summed E-state index contributed by atoms with van der Waals surface area (Å²) < 4.78 is 16.4. The van der Waals surface area contributed by atoms with Crippen LogP contribution in [0.5, 0.6) is 0 Å². The van der Waals surface area contributed by atoms with Crippen molar-refractivity contribution in [3.05, 3.63) is 34.9 Å². The third-order valence-electron chi connectivity index (χ3n) is 8.56. The van der Waals surface area contributed by atoms with Crippen LogP contribution in [0.25, 0.3) is 0 Å². The van der Waals surface area contributed by atoms with Gasteiger partial charge in [0.25, 0.3) is 5.91 Å². The van der Waals surface area contributed by atoms with Crippen molar-refractivity contribution in [1.82, 2.24) is 20.4 Å². The van der Waals surface area contributed by atoms with Crippen LogP contribution < -0.4 is 10.6 Å². The average molecular weight is 615 g/mol. The van der Waals surface area contributed by atoms with E-state index < -0.39 is 47.7 Å². The molecule has 1 aromatic rings. The molecule has 1 saturated heterocycles. The van der Waals surface area contributed by atoms with E-state index in [4.69, 9.17) is 14.2 Å². The van der Waals surface area contributed by atoms with Crippen LogP contribution in [0.15, 0.2) is 18.2 Å². The number of cyclic esters (lactones) is 1. The number of benzene rings is 1. The van der Waals surface area contributed by atoms with E-state index in [0.717, 1.165) is 36.8 Å². The molecule has 3 atom stereocenters. The topological polar surface area (TPSA) is 144 Å². The summed E-state index contributed by atoms with van der Waals surface area (Å²) in [6, 6.07) is 3.44. The summed E-state index contributed by atoms with van der Waals surface area (Å²) in [5, 5.41) is 5.72. The Morgan fingerprint density at radius 1 is 1.07 bits per heavy atom. The fourth-order valence-electron chi connectivity index (χ4n) is 5.98. The van der Waals surface area contributed by atoms with Gasteiger partial charge >= 0.3 is 18.2 Å². The normalized spacial score (nSPS) is 25.5. The van der Waals surface area contributed by atoms with Crippen LogP contribution in [0.3, 0.4) is 0 Å². The molecule has 12 heteroatoms. The molecule has 3 aliphatic heterocycles. The molecule has 4 rings (SSSR count). The summed E-state index contributed by atoms with van der Waals surface area (Å²) in [7, 11) is 1.23. The van der Waals surface area contributed by atoms with Crippen LogP contribution in [0, 0.1) is 10.8 Å². The molecule has 12 nitrogen and oxygen atoms in total. The van der Waals surface area contributed by atoms with Gasteiger partial charge in [-0.15, -0.1) is 0 Å². The molecular formula is C32H46N4O8. The Bertz CT molecular complexity index is 1270. The zero-order chi connectivity index (χ0) is 32.2. The van der Waals surface area contributed by atoms with E-state index in [2.05, 4.69) is 10.6 Å². The van der Waals surface area contributed by atoms with Gasteiger partial charge in [-0.25, -0.2) is 14.4 Å². The smallest absolute Gasteiger partial charge is 0.410 e. The number of amides is 4. The van der Waals surface area contributed by atoms with Gasteiger partial charge in [0.15, 0.2) is 0 Å². The molecule has 4 bridgehead atoms. The zero-order valence-corrected chi connectivity index (χ0v) is 26.7. The predicted octanol–water partition coefficient (Wildman–Crippen LogP) is 3.75. The highest BCUT2D eigenvalue weighted by atomic mass is 16.6. The Morgan fingerprint density at radius 2 is 1.82 bits per heavy atom. The molecule has 0 spiro atoms. The van der Waals surface area contributed by atoms with Crippen molar-refractivity contribution >= 4 is 30.0 Å². The maximum Gasteiger partial charge on any atom is 0.410 e. The highest BCUT2D eigenvalue weighted by molar-refractivity contribution is 5.96. The van der Waals surface area contributed by atoms with E-state index in [0.29, 0.717) is 12.1 Å². The number of methoxy groups -OCH3 is 1. The van der Waals surface area contributed by atoms with Crippen molar-refractivity contribution in [3.63, 3.8) is 0 Å². The SMILES string of the molecule is COC(=O)C1C[C@@H]2CN1C(=O)[C@H](C(C)(C)C)NC(=O)OCC(C)(C)CCCCCNC(=O)c1cccc3c1CN(C3)C(=O)O2. The number of rotatable bonds is 1. The molecule has 44 heavy (non-hydrogen) atoms. The van der Waals surface area contributed by atoms with Crippen LogP contribution >= 0.6 is 0 Å². The molecule has 1 fully saturated rings. The lowest BCUT2D eigenvalue weighted by molar-refractivity contribution is -0.152. The van der Waals surface area contributed by atoms with E-state index in [1.165, 1.54) is 16.9 Å². The number of hydrogen-bond donors (Lipinski definition) is 2. The minimum Gasteiger partial charge on any atom is -0.467 e. The van der Waals surface area contributed by atoms with Crippen LogP contribution in [0.4, 0.5) is 9.59 Å². The van der Waals surface area contributed by atoms with Crippen molar-refractivity contribution in [2.75, 3.05) is 26.8 Å². The molecular weight excluding hydrogens is 568 g/mol. The predicted molar refractivity (Wildman–Crippen MR) is 160 cm³/mol. The number of nitrogens with one attached hydrogen (secondary N) is 2. The molecule has 1 aromatic carbocycles. The molecule has 3 aliphatic rings. The number of carbonyl (C=O) groups is 5. The molecule has 0 aliphatic carbocycles. The van der Waals surface area contributed by atoms with Crippen LogP contribution in [-0.2, 0) is 36.9 Å². The van der Waals surface area contributed by atoms with Crippen LogP contribution in [0.1, 0.15) is 88.2 Å². The first kappa shape index (κ1) is 33.1. The third kappa shape index (κ3) is 7.81. The van der Waals surface area contributed by atoms with E-state index in [-0.39, 0.29) is 44.0 Å². The van der Waals surface area contributed by atoms with Gasteiger partial charge < -0.3 is 29.7 Å². The summed E-state index contributed by atoms with van der Waals surface area (Å²) in [6.45, 7) is 10.6. The third-order valence-corrected chi connectivity index (χ3v) is 8.56. The maximum atomic E-state index is 13.9. The van der Waals surface area contributed by atoms with Crippen LogP contribution in [0.2, 0.25) is 0 Å². The summed E-state index contributed by atoms with van der Waals surface area (Å²) in [6.07, 6.45) is 1.33. The standard InChI is InChI=1S/C32H46N4O8/c1-31(2,3)25-27(38)36-17-21(15-24(36)28(39)42-6)44-30(41)35-16-20-11-10-12-22(23(20)18-35)26(37)33-14-9-7-8-13-32(4,5)19-43-29(40)34-25/h10-12,21,24-25H,7-9,13-19H2,1-6H3,(H,33,37)(H,34,40)/t21-,24?,25-/m1/s1. The molecule has 0 aromatic heterocycles. The first-order chi connectivity index (χ1) is 20.7. The molecule has 1 unspecified atom stereocenters. The maximum absolute atomic E-state index is 13.9. The van der Waals surface area contributed by atoms with Gasteiger partial charge in [0.1, 0.15) is 18.2 Å². The van der Waals surface area contributed by atoms with Gasteiger partial charge in [0.05, 0.1) is 26.8 Å². The second kappa shape index (κ2) is 13.4. The molecule has 0 saturated carbocycles. The van der Waals surface area contributed by atoms with Gasteiger partial charge in [0.2, 0.25) is 5.91 Å². The van der Waals surface area contributed by atoms with Gasteiger partial charge in [-0.3, -0.25) is 14.5 Å². The van der Waals surface area contributed by atoms with Gasteiger partial charge in [0, 0.05) is 25.1 Å². The first-order valence-corrected chi connectivity index (χ1v) is 15.4. The number of hydrogen-bond acceptors (Lipinski definition) is 8. The summed E-state index contributed by atoms with van der Waals surface area (Å²) in [5.74, 6) is -1.32. The molecule has 242 valence electrons. The number of alkyl carbamates (subject to hydrolysis) is 1. The fraction of sp³-hybridized carbons (Fsp3) is 0.656. The largest absolute Gasteiger partial charge is 0.467 e. The van der Waals surface area contributed by atoms with Crippen molar-refractivity contribution in [1.29, 1.82) is 0 Å². The van der Waals surface area contributed by atoms with Crippen LogP contribution in [-0.4, -0.2) is 84.8 Å². The summed E-state index contributed by atoms with van der Waals surface area (Å²) in [5.41, 5.74) is 1.16. The molecule has 4 amide bonds. The Morgan fingerprint density at radius 3 is 2.52 bits per heavy atom. The van der Waals surface area contributed by atoms with Gasteiger partial charge in [-0.05, 0) is 40.9 Å². The van der Waals surface area contributed by atoms with E-state index in [9.17, 15) is 24.0 Å². The first-order valence-electron chi connectivity index (χ1n) is 15.4. The van der Waals surface area contributed by atoms with Gasteiger partial charge in [-0.2, -0.15) is 0 Å². The number of fused-ring (bicyclic) bond motifs is 3. The summed E-state index contributed by atoms with van der Waals surface area (Å²) in [4.78, 5) is 68.8. The number of esters is 1. The highest BCUT2D eigenvalue weighted by Gasteiger charge is 2.47. The van der Waals surface area contributed by atoms with Crippen molar-refractivity contribution < 1.29 is 38.2 Å². The van der Waals surface area contributed by atoms with E-state index >= 15 is 0 Å². The van der Waals surface area contributed by atoms with Crippen molar-refractivity contribution in [2.45, 2.75) is 98.0 Å². The average Bonchev–Trinajstić information content (AvgIpc) is 3.59. The Labute approximate surface area is 259 Å². The van der Waals surface area contributed by atoms with Crippen molar-refractivity contribution in [3.8, 4) is 0 Å². The summed E-state index contributed by atoms with van der Waals surface area (Å²) >= 11 is 0. The lowest BCUT2D eigenvalue weighted by Crippen LogP contribution is -2.57. The van der Waals surface area contributed by atoms with Crippen molar-refractivity contribution in [2.24, 2.45) is 10.8 Å². The molecule has 3 heterocycles.